The highest BCUT2D eigenvalue weighted by molar-refractivity contribution is 5.72. The van der Waals surface area contributed by atoms with Gasteiger partial charge in [0.25, 0.3) is 0 Å². The van der Waals surface area contributed by atoms with Crippen LogP contribution in [-0.2, 0) is 4.79 Å². The lowest BCUT2D eigenvalue weighted by molar-refractivity contribution is -0.143. The van der Waals surface area contributed by atoms with Gasteiger partial charge in [0.1, 0.15) is 12.2 Å². The van der Waals surface area contributed by atoms with Gasteiger partial charge in [0.15, 0.2) is 0 Å². The number of aliphatic carboxylic acids is 1. The van der Waals surface area contributed by atoms with Gasteiger partial charge in [-0.05, 0) is 26.3 Å². The molecule has 4 heteroatoms. The first-order chi connectivity index (χ1) is 5.61. The maximum absolute atomic E-state index is 12.8. The molecule has 70 valence electrons. The molecule has 0 aromatic carbocycles. The zero-order chi connectivity index (χ0) is 9.14. The topological polar surface area (TPSA) is 40.5 Å². The van der Waals surface area contributed by atoms with E-state index in [0.717, 1.165) is 6.42 Å². The molecule has 12 heavy (non-hydrogen) atoms. The van der Waals surface area contributed by atoms with Gasteiger partial charge in [-0.15, -0.1) is 0 Å². The van der Waals surface area contributed by atoms with Crippen molar-refractivity contribution in [2.75, 3.05) is 13.1 Å². The van der Waals surface area contributed by atoms with Crippen molar-refractivity contribution in [3.8, 4) is 0 Å². The van der Waals surface area contributed by atoms with Crippen molar-refractivity contribution in [1.29, 1.82) is 0 Å². The van der Waals surface area contributed by atoms with E-state index in [-0.39, 0.29) is 6.54 Å². The fourth-order valence-electron chi connectivity index (χ4n) is 1.46. The number of carboxylic acids is 1. The van der Waals surface area contributed by atoms with Crippen molar-refractivity contribution in [2.24, 2.45) is 0 Å². The van der Waals surface area contributed by atoms with E-state index < -0.39 is 18.2 Å². The van der Waals surface area contributed by atoms with Crippen LogP contribution in [0.4, 0.5) is 4.39 Å². The van der Waals surface area contributed by atoms with Crippen molar-refractivity contribution >= 4 is 5.97 Å². The summed E-state index contributed by atoms with van der Waals surface area (Å²) in [7, 11) is 0. The molecule has 0 aromatic rings. The summed E-state index contributed by atoms with van der Waals surface area (Å²) in [6.07, 6.45) is 0.488. The molecule has 1 saturated heterocycles. The van der Waals surface area contributed by atoms with Crippen LogP contribution in [0.1, 0.15) is 19.8 Å². The van der Waals surface area contributed by atoms with Crippen LogP contribution in [0.2, 0.25) is 0 Å². The minimum Gasteiger partial charge on any atom is -0.480 e. The van der Waals surface area contributed by atoms with Crippen LogP contribution in [0.15, 0.2) is 0 Å². The number of halogens is 1. The van der Waals surface area contributed by atoms with Crippen LogP contribution in [0, 0.1) is 0 Å². The summed E-state index contributed by atoms with van der Waals surface area (Å²) in [6, 6.07) is -0.552. The van der Waals surface area contributed by atoms with E-state index in [0.29, 0.717) is 13.0 Å². The minimum atomic E-state index is -0.871. The quantitative estimate of drug-likeness (QED) is 0.677. The van der Waals surface area contributed by atoms with Gasteiger partial charge in [-0.3, -0.25) is 9.69 Å². The Bertz CT molecular complexity index is 174. The van der Waals surface area contributed by atoms with Crippen molar-refractivity contribution in [3.63, 3.8) is 0 Å². The van der Waals surface area contributed by atoms with Crippen LogP contribution in [0.25, 0.3) is 0 Å². The summed E-state index contributed by atoms with van der Waals surface area (Å²) in [5.41, 5.74) is 0. The smallest absolute Gasteiger partial charge is 0.320 e. The van der Waals surface area contributed by atoms with Crippen LogP contribution in [0.3, 0.4) is 0 Å². The lowest BCUT2D eigenvalue weighted by Crippen LogP contribution is -2.45. The molecule has 2 atom stereocenters. The van der Waals surface area contributed by atoms with Crippen LogP contribution in [0.5, 0.6) is 0 Å². The van der Waals surface area contributed by atoms with Crippen LogP contribution in [-0.4, -0.2) is 41.3 Å². The lowest BCUT2D eigenvalue weighted by atomic mass is 10.1. The molecular weight excluding hydrogens is 161 g/mol. The Labute approximate surface area is 71.2 Å². The molecule has 0 amide bonds. The highest BCUT2D eigenvalue weighted by Gasteiger charge is 2.26. The number of nitrogens with zero attached hydrogens (tertiary/aromatic N) is 1. The largest absolute Gasteiger partial charge is 0.480 e. The molecule has 3 nitrogen and oxygen atoms in total. The van der Waals surface area contributed by atoms with Crippen molar-refractivity contribution in [2.45, 2.75) is 32.0 Å². The Morgan fingerprint density at radius 1 is 1.75 bits per heavy atom. The molecule has 0 radical (unpaired) electrons. The van der Waals surface area contributed by atoms with Gasteiger partial charge in [0.2, 0.25) is 0 Å². The first kappa shape index (κ1) is 9.45. The lowest BCUT2D eigenvalue weighted by Gasteiger charge is -2.31. The number of hydrogen-bond donors (Lipinski definition) is 1. The fourth-order valence-corrected chi connectivity index (χ4v) is 1.46. The first-order valence-corrected chi connectivity index (χ1v) is 4.22. The molecule has 1 N–H and O–H groups in total. The molecule has 0 aromatic heterocycles. The number of alkyl halides is 1. The van der Waals surface area contributed by atoms with Gasteiger partial charge in [-0.2, -0.15) is 0 Å². The third-order valence-electron chi connectivity index (χ3n) is 2.30. The molecule has 1 aliphatic heterocycles. The highest BCUT2D eigenvalue weighted by atomic mass is 19.1. The maximum atomic E-state index is 12.8. The fraction of sp³-hybridized carbons (Fsp3) is 0.875. The van der Waals surface area contributed by atoms with Gasteiger partial charge in [-0.25, -0.2) is 4.39 Å². The normalized spacial score (nSPS) is 28.3. The van der Waals surface area contributed by atoms with Crippen molar-refractivity contribution in [1.82, 2.24) is 4.90 Å². The van der Waals surface area contributed by atoms with E-state index in [1.807, 2.05) is 0 Å². The zero-order valence-electron chi connectivity index (χ0n) is 7.16. The van der Waals surface area contributed by atoms with E-state index in [2.05, 4.69) is 0 Å². The van der Waals surface area contributed by atoms with Crippen molar-refractivity contribution in [3.05, 3.63) is 0 Å². The summed E-state index contributed by atoms with van der Waals surface area (Å²) < 4.78 is 12.8. The Kier molecular flexibility index (Phi) is 3.03. The van der Waals surface area contributed by atoms with Crippen LogP contribution >= 0.6 is 0 Å². The maximum Gasteiger partial charge on any atom is 0.320 e. The van der Waals surface area contributed by atoms with Gasteiger partial charge in [0.05, 0.1) is 0 Å². The Hall–Kier alpha value is -0.640. The molecule has 0 bridgehead atoms. The molecular formula is C8H14FNO2. The number of hydrogen-bond acceptors (Lipinski definition) is 2. The monoisotopic (exact) mass is 175 g/mol. The molecule has 1 fully saturated rings. The second kappa shape index (κ2) is 3.85. The first-order valence-electron chi connectivity index (χ1n) is 4.22. The highest BCUT2D eigenvalue weighted by Crippen LogP contribution is 2.15. The van der Waals surface area contributed by atoms with Crippen LogP contribution < -0.4 is 0 Å². The second-order valence-electron chi connectivity index (χ2n) is 3.25. The molecule has 0 aliphatic carbocycles. The third-order valence-corrected chi connectivity index (χ3v) is 2.30. The number of rotatable bonds is 2. The Morgan fingerprint density at radius 3 is 2.92 bits per heavy atom. The second-order valence-corrected chi connectivity index (χ2v) is 3.25. The summed E-state index contributed by atoms with van der Waals surface area (Å²) in [4.78, 5) is 12.2. The minimum absolute atomic E-state index is 0.271. The molecule has 1 heterocycles. The Morgan fingerprint density at radius 2 is 2.42 bits per heavy atom. The summed E-state index contributed by atoms with van der Waals surface area (Å²) in [5.74, 6) is -0.871. The van der Waals surface area contributed by atoms with Gasteiger partial charge in [0, 0.05) is 6.54 Å². The van der Waals surface area contributed by atoms with E-state index in [9.17, 15) is 9.18 Å². The Balaban J connectivity index is 2.45. The SMILES string of the molecule is C[C@H](C(=O)O)N1CCC[C@H](F)C1. The zero-order valence-corrected chi connectivity index (χ0v) is 7.16. The molecule has 0 spiro atoms. The third kappa shape index (κ3) is 2.17. The summed E-state index contributed by atoms with van der Waals surface area (Å²) >= 11 is 0. The van der Waals surface area contributed by atoms with Gasteiger partial charge in [-0.1, -0.05) is 0 Å². The average molecular weight is 175 g/mol. The van der Waals surface area contributed by atoms with Gasteiger partial charge < -0.3 is 5.11 Å². The van der Waals surface area contributed by atoms with Gasteiger partial charge >= 0.3 is 5.97 Å². The number of likely N-dealkylation sites (tertiary alicyclic amines) is 1. The van der Waals surface area contributed by atoms with E-state index in [4.69, 9.17) is 5.11 Å². The average Bonchev–Trinajstić information content (AvgIpc) is 2.03. The summed E-state index contributed by atoms with van der Waals surface area (Å²) in [6.45, 7) is 2.57. The molecule has 1 aliphatic rings. The predicted molar refractivity (Wildman–Crippen MR) is 42.8 cm³/mol. The number of piperidine rings is 1. The number of carboxylic acid groups (broad SMARTS) is 1. The molecule has 0 saturated carbocycles. The van der Waals surface area contributed by atoms with E-state index >= 15 is 0 Å². The van der Waals surface area contributed by atoms with E-state index in [1.54, 1.807) is 11.8 Å². The standard InChI is InChI=1S/C8H14FNO2/c1-6(8(11)12)10-4-2-3-7(9)5-10/h6-7H,2-5H2,1H3,(H,11,12)/t6-,7+/m1/s1. The molecule has 0 unspecified atom stereocenters. The predicted octanol–water partition coefficient (Wildman–Crippen LogP) is 0.893. The summed E-state index contributed by atoms with van der Waals surface area (Å²) in [5, 5.41) is 8.66. The number of carbonyl (C=O) groups is 1. The molecule has 1 rings (SSSR count). The van der Waals surface area contributed by atoms with E-state index in [1.165, 1.54) is 0 Å². The van der Waals surface area contributed by atoms with Crippen molar-refractivity contribution < 1.29 is 14.3 Å².